The molecule has 0 aliphatic carbocycles. The van der Waals surface area contributed by atoms with E-state index in [1.165, 1.54) is 0 Å². The van der Waals surface area contributed by atoms with Gasteiger partial charge in [0, 0.05) is 28.3 Å². The van der Waals surface area contributed by atoms with Crippen LogP contribution in [0.3, 0.4) is 0 Å². The molecule has 0 radical (unpaired) electrons. The van der Waals surface area contributed by atoms with Crippen molar-refractivity contribution < 1.29 is 9.47 Å². The van der Waals surface area contributed by atoms with Gasteiger partial charge in [0.05, 0.1) is 18.9 Å². The molecule has 0 atom stereocenters. The van der Waals surface area contributed by atoms with Gasteiger partial charge >= 0.3 is 0 Å². The smallest absolute Gasteiger partial charge is 0.185 e. The number of halogens is 1. The van der Waals surface area contributed by atoms with Gasteiger partial charge < -0.3 is 9.47 Å². The first kappa shape index (κ1) is 16.2. The van der Waals surface area contributed by atoms with Gasteiger partial charge in [0.15, 0.2) is 6.29 Å². The second-order valence-electron chi connectivity index (χ2n) is 5.65. The van der Waals surface area contributed by atoms with Crippen molar-refractivity contribution in [2.24, 2.45) is 5.92 Å². The summed E-state index contributed by atoms with van der Waals surface area (Å²) in [5.74, 6) is 0.434. The first-order valence-corrected chi connectivity index (χ1v) is 8.20. The van der Waals surface area contributed by atoms with Crippen LogP contribution in [-0.2, 0) is 9.47 Å². The summed E-state index contributed by atoms with van der Waals surface area (Å²) >= 11 is 5.91. The van der Waals surface area contributed by atoms with Crippen LogP contribution in [0.25, 0.3) is 11.3 Å². The predicted molar refractivity (Wildman–Crippen MR) is 92.2 cm³/mol. The molecule has 120 valence electrons. The van der Waals surface area contributed by atoms with Crippen molar-refractivity contribution in [3.63, 3.8) is 0 Å². The monoisotopic (exact) mass is 329 g/mol. The molecule has 4 heteroatoms. The second-order valence-corrected chi connectivity index (χ2v) is 6.09. The van der Waals surface area contributed by atoms with E-state index in [1.54, 1.807) is 0 Å². The normalized spacial score (nSPS) is 21.7. The average molecular weight is 330 g/mol. The van der Waals surface area contributed by atoms with Gasteiger partial charge in [-0.15, -0.1) is 0 Å². The molecule has 1 aromatic heterocycles. The van der Waals surface area contributed by atoms with Crippen LogP contribution in [0.2, 0.25) is 5.02 Å². The van der Waals surface area contributed by atoms with E-state index in [4.69, 9.17) is 21.1 Å². The van der Waals surface area contributed by atoms with Crippen molar-refractivity contribution in [3.8, 4) is 11.3 Å². The second kappa shape index (κ2) is 7.73. The summed E-state index contributed by atoms with van der Waals surface area (Å²) < 4.78 is 11.6. The number of benzene rings is 1. The highest BCUT2D eigenvalue weighted by molar-refractivity contribution is 6.30. The highest BCUT2D eigenvalue weighted by atomic mass is 35.5. The molecular weight excluding hydrogens is 310 g/mol. The number of pyridine rings is 1. The highest BCUT2D eigenvalue weighted by Crippen LogP contribution is 2.27. The molecule has 2 aromatic rings. The van der Waals surface area contributed by atoms with Crippen molar-refractivity contribution in [1.29, 1.82) is 0 Å². The fraction of sp³-hybridized carbons (Fsp3) is 0.316. The Balaban J connectivity index is 1.63. The Kier molecular flexibility index (Phi) is 5.44. The molecule has 1 aliphatic rings. The SMILES string of the molecule is C/C=C/CC1COC(c2ccc(-c3ccc(Cl)cc3)nc2)OC1. The molecule has 1 fully saturated rings. The van der Waals surface area contributed by atoms with E-state index >= 15 is 0 Å². The maximum Gasteiger partial charge on any atom is 0.185 e. The molecule has 0 N–H and O–H groups in total. The van der Waals surface area contributed by atoms with E-state index < -0.39 is 0 Å². The zero-order valence-electron chi connectivity index (χ0n) is 13.1. The fourth-order valence-electron chi connectivity index (χ4n) is 2.54. The number of aromatic nitrogens is 1. The Morgan fingerprint density at radius 3 is 2.48 bits per heavy atom. The molecule has 1 aromatic carbocycles. The zero-order valence-corrected chi connectivity index (χ0v) is 13.9. The third kappa shape index (κ3) is 4.20. The van der Waals surface area contributed by atoms with Crippen LogP contribution >= 0.6 is 11.6 Å². The molecular formula is C19H20ClNO2. The van der Waals surface area contributed by atoms with Crippen LogP contribution in [0.4, 0.5) is 0 Å². The highest BCUT2D eigenvalue weighted by Gasteiger charge is 2.23. The van der Waals surface area contributed by atoms with Crippen LogP contribution in [0.15, 0.2) is 54.7 Å². The first-order valence-electron chi connectivity index (χ1n) is 7.82. The summed E-state index contributed by atoms with van der Waals surface area (Å²) in [5.41, 5.74) is 2.90. The summed E-state index contributed by atoms with van der Waals surface area (Å²) in [4.78, 5) is 4.51. The minimum absolute atomic E-state index is 0.316. The van der Waals surface area contributed by atoms with E-state index in [1.807, 2.05) is 49.5 Å². The molecule has 3 rings (SSSR count). The summed E-state index contributed by atoms with van der Waals surface area (Å²) in [6, 6.07) is 11.6. The van der Waals surface area contributed by atoms with E-state index in [0.29, 0.717) is 19.1 Å². The summed E-state index contributed by atoms with van der Waals surface area (Å²) in [5, 5.41) is 0.724. The van der Waals surface area contributed by atoms with Gasteiger partial charge in [-0.25, -0.2) is 0 Å². The number of ether oxygens (including phenoxy) is 2. The standard InChI is InChI=1S/C19H20ClNO2/c1-2-3-4-14-12-22-19(23-13-14)16-7-10-18(21-11-16)15-5-8-17(20)9-6-15/h2-3,5-11,14,19H,4,12-13H2,1H3/b3-2+. The van der Waals surface area contributed by atoms with Gasteiger partial charge in [-0.05, 0) is 31.5 Å². The third-order valence-corrected chi connectivity index (χ3v) is 4.12. The molecule has 23 heavy (non-hydrogen) atoms. The fourth-order valence-corrected chi connectivity index (χ4v) is 2.66. The maximum absolute atomic E-state index is 5.91. The minimum Gasteiger partial charge on any atom is -0.348 e. The van der Waals surface area contributed by atoms with Gasteiger partial charge in [-0.3, -0.25) is 4.98 Å². The van der Waals surface area contributed by atoms with E-state index in [0.717, 1.165) is 28.3 Å². The topological polar surface area (TPSA) is 31.4 Å². The van der Waals surface area contributed by atoms with Crippen molar-refractivity contribution in [2.45, 2.75) is 19.6 Å². The number of rotatable bonds is 4. The lowest BCUT2D eigenvalue weighted by molar-refractivity contribution is -0.204. The molecule has 0 unspecified atom stereocenters. The number of allylic oxidation sites excluding steroid dienone is 2. The van der Waals surface area contributed by atoms with E-state index in [-0.39, 0.29) is 6.29 Å². The predicted octanol–water partition coefficient (Wildman–Crippen LogP) is 5.03. The zero-order chi connectivity index (χ0) is 16.1. The maximum atomic E-state index is 5.91. The molecule has 3 nitrogen and oxygen atoms in total. The van der Waals surface area contributed by atoms with Crippen molar-refractivity contribution in [1.82, 2.24) is 4.98 Å². The van der Waals surface area contributed by atoms with Crippen molar-refractivity contribution >= 4 is 11.6 Å². The van der Waals surface area contributed by atoms with Crippen LogP contribution in [0.1, 0.15) is 25.2 Å². The van der Waals surface area contributed by atoms with Crippen molar-refractivity contribution in [3.05, 3.63) is 65.3 Å². The van der Waals surface area contributed by atoms with Crippen LogP contribution in [0.5, 0.6) is 0 Å². The summed E-state index contributed by atoms with van der Waals surface area (Å²) in [6.07, 6.45) is 6.72. The molecule has 0 spiro atoms. The Morgan fingerprint density at radius 2 is 1.87 bits per heavy atom. The lowest BCUT2D eigenvalue weighted by Crippen LogP contribution is -2.26. The van der Waals surface area contributed by atoms with Gasteiger partial charge in [0.1, 0.15) is 0 Å². The van der Waals surface area contributed by atoms with Crippen molar-refractivity contribution in [2.75, 3.05) is 13.2 Å². The largest absolute Gasteiger partial charge is 0.348 e. The van der Waals surface area contributed by atoms with Gasteiger partial charge in [-0.1, -0.05) is 42.0 Å². The number of nitrogens with zero attached hydrogens (tertiary/aromatic N) is 1. The van der Waals surface area contributed by atoms with Gasteiger partial charge in [0.2, 0.25) is 0 Å². The Hall–Kier alpha value is -1.68. The van der Waals surface area contributed by atoms with Gasteiger partial charge in [0.25, 0.3) is 0 Å². The van der Waals surface area contributed by atoms with Gasteiger partial charge in [-0.2, -0.15) is 0 Å². The molecule has 2 heterocycles. The lowest BCUT2D eigenvalue weighted by atomic mass is 10.1. The third-order valence-electron chi connectivity index (χ3n) is 3.87. The Bertz CT molecular complexity index is 644. The Morgan fingerprint density at radius 1 is 1.13 bits per heavy atom. The average Bonchev–Trinajstić information content (AvgIpc) is 2.61. The van der Waals surface area contributed by atoms with Crippen LogP contribution < -0.4 is 0 Å². The summed E-state index contributed by atoms with van der Waals surface area (Å²) in [6.45, 7) is 3.46. The summed E-state index contributed by atoms with van der Waals surface area (Å²) in [7, 11) is 0. The quantitative estimate of drug-likeness (QED) is 0.737. The first-order chi connectivity index (χ1) is 11.3. The molecule has 0 saturated carbocycles. The lowest BCUT2D eigenvalue weighted by Gasteiger charge is -2.29. The van der Waals surface area contributed by atoms with E-state index in [2.05, 4.69) is 17.1 Å². The van der Waals surface area contributed by atoms with Crippen LogP contribution in [-0.4, -0.2) is 18.2 Å². The molecule has 0 bridgehead atoms. The number of hydrogen-bond donors (Lipinski definition) is 0. The van der Waals surface area contributed by atoms with E-state index in [9.17, 15) is 0 Å². The minimum atomic E-state index is -0.316. The molecule has 1 saturated heterocycles. The molecule has 1 aliphatic heterocycles. The number of hydrogen-bond acceptors (Lipinski definition) is 3. The van der Waals surface area contributed by atoms with Crippen LogP contribution in [0, 0.1) is 5.92 Å². The Labute approximate surface area is 141 Å². The molecule has 0 amide bonds.